The van der Waals surface area contributed by atoms with E-state index < -0.39 is 0 Å². The molecule has 2 heterocycles. The Labute approximate surface area is 111 Å². The Morgan fingerprint density at radius 2 is 2.32 bits per heavy atom. The zero-order valence-electron chi connectivity index (χ0n) is 11.3. The van der Waals surface area contributed by atoms with Crippen LogP contribution in [0, 0.1) is 6.92 Å². The van der Waals surface area contributed by atoms with Crippen LogP contribution in [0.2, 0.25) is 0 Å². The van der Waals surface area contributed by atoms with E-state index in [-0.39, 0.29) is 6.03 Å². The van der Waals surface area contributed by atoms with Gasteiger partial charge in [0.05, 0.1) is 23.8 Å². The number of anilines is 2. The zero-order valence-corrected chi connectivity index (χ0v) is 11.3. The third-order valence-corrected chi connectivity index (χ3v) is 3.05. The molecule has 0 saturated carbocycles. The van der Waals surface area contributed by atoms with Gasteiger partial charge in [-0.25, -0.2) is 4.79 Å². The molecule has 0 fully saturated rings. The van der Waals surface area contributed by atoms with E-state index in [1.807, 2.05) is 11.6 Å². The van der Waals surface area contributed by atoms with Crippen LogP contribution in [0.3, 0.4) is 0 Å². The first-order valence-corrected chi connectivity index (χ1v) is 6.23. The first-order valence-electron chi connectivity index (χ1n) is 6.23. The molecule has 7 heteroatoms. The first kappa shape index (κ1) is 13.1. The molecule has 7 nitrogen and oxygen atoms in total. The molecule has 0 bridgehead atoms. The molecule has 0 saturated heterocycles. The van der Waals surface area contributed by atoms with Gasteiger partial charge in [-0.2, -0.15) is 10.2 Å². The normalized spacial score (nSPS) is 12.2. The van der Waals surface area contributed by atoms with Crippen molar-refractivity contribution >= 4 is 17.5 Å². The molecule has 0 aromatic carbocycles. The second kappa shape index (κ2) is 5.55. The summed E-state index contributed by atoms with van der Waals surface area (Å²) in [5.41, 5.74) is 1.64. The number of amides is 2. The molecule has 2 rings (SSSR count). The number of aromatic nitrogens is 4. The van der Waals surface area contributed by atoms with Crippen molar-refractivity contribution < 1.29 is 4.79 Å². The van der Waals surface area contributed by atoms with Gasteiger partial charge in [-0.15, -0.1) is 0 Å². The van der Waals surface area contributed by atoms with Crippen molar-refractivity contribution in [2.45, 2.75) is 33.2 Å². The maximum atomic E-state index is 11.8. The molecule has 1 atom stereocenters. The van der Waals surface area contributed by atoms with Crippen molar-refractivity contribution in [1.29, 1.82) is 0 Å². The number of carbonyl (C=O) groups is 1. The fourth-order valence-corrected chi connectivity index (χ4v) is 1.76. The third kappa shape index (κ3) is 2.93. The first-order chi connectivity index (χ1) is 9.11. The second-order valence-electron chi connectivity index (χ2n) is 4.39. The fraction of sp³-hybridized carbons (Fsp3) is 0.417. The Bertz CT molecular complexity index is 545. The summed E-state index contributed by atoms with van der Waals surface area (Å²) in [5.74, 6) is 0.546. The lowest BCUT2D eigenvalue weighted by Gasteiger charge is -2.12. The lowest BCUT2D eigenvalue weighted by Crippen LogP contribution is -2.20. The van der Waals surface area contributed by atoms with Gasteiger partial charge in [-0.1, -0.05) is 6.92 Å². The van der Waals surface area contributed by atoms with E-state index in [4.69, 9.17) is 0 Å². The van der Waals surface area contributed by atoms with Crippen molar-refractivity contribution in [3.8, 4) is 0 Å². The number of urea groups is 1. The number of H-pyrrole nitrogens is 1. The summed E-state index contributed by atoms with van der Waals surface area (Å²) < 4.78 is 1.91. The third-order valence-electron chi connectivity index (χ3n) is 3.05. The Kier molecular flexibility index (Phi) is 3.84. The van der Waals surface area contributed by atoms with Crippen LogP contribution >= 0.6 is 0 Å². The SMILES string of the molecule is CC[C@@H](C)n1ncc(NC(=O)Nc2ccn[nH]2)c1C. The quantitative estimate of drug-likeness (QED) is 0.791. The molecule has 0 spiro atoms. The number of hydrogen-bond acceptors (Lipinski definition) is 3. The molecule has 2 aromatic rings. The number of hydrogen-bond donors (Lipinski definition) is 3. The molecule has 0 radical (unpaired) electrons. The highest BCUT2D eigenvalue weighted by molar-refractivity contribution is 5.99. The monoisotopic (exact) mass is 262 g/mol. The van der Waals surface area contributed by atoms with Crippen LogP contribution in [0.25, 0.3) is 0 Å². The van der Waals surface area contributed by atoms with Crippen molar-refractivity contribution in [2.24, 2.45) is 0 Å². The van der Waals surface area contributed by atoms with Crippen LogP contribution in [-0.4, -0.2) is 26.0 Å². The molecule has 2 amide bonds. The Balaban J connectivity index is 2.03. The summed E-state index contributed by atoms with van der Waals surface area (Å²) in [4.78, 5) is 11.8. The largest absolute Gasteiger partial charge is 0.324 e. The molecule has 0 aliphatic carbocycles. The van der Waals surface area contributed by atoms with E-state index in [9.17, 15) is 4.79 Å². The van der Waals surface area contributed by atoms with Crippen LogP contribution in [0.1, 0.15) is 32.0 Å². The van der Waals surface area contributed by atoms with Crippen molar-refractivity contribution in [1.82, 2.24) is 20.0 Å². The van der Waals surface area contributed by atoms with Gasteiger partial charge >= 0.3 is 6.03 Å². The summed E-state index contributed by atoms with van der Waals surface area (Å²) in [6, 6.07) is 1.66. The highest BCUT2D eigenvalue weighted by Gasteiger charge is 2.12. The van der Waals surface area contributed by atoms with Gasteiger partial charge in [0.2, 0.25) is 0 Å². The molecule has 0 aliphatic heterocycles. The summed E-state index contributed by atoms with van der Waals surface area (Å²) in [7, 11) is 0. The van der Waals surface area contributed by atoms with E-state index >= 15 is 0 Å². The predicted molar refractivity (Wildman–Crippen MR) is 73.2 cm³/mol. The van der Waals surface area contributed by atoms with Crippen LogP contribution in [0.5, 0.6) is 0 Å². The Morgan fingerprint density at radius 3 is 2.95 bits per heavy atom. The smallest absolute Gasteiger partial charge is 0.305 e. The van der Waals surface area contributed by atoms with Crippen LogP contribution in [-0.2, 0) is 0 Å². The molecule has 102 valence electrons. The number of carbonyl (C=O) groups excluding carboxylic acids is 1. The summed E-state index contributed by atoms with van der Waals surface area (Å²) >= 11 is 0. The second-order valence-corrected chi connectivity index (χ2v) is 4.39. The van der Waals surface area contributed by atoms with Crippen molar-refractivity contribution in [2.75, 3.05) is 10.6 Å². The molecule has 3 N–H and O–H groups in total. The van der Waals surface area contributed by atoms with Gasteiger partial charge in [0.25, 0.3) is 0 Å². The van der Waals surface area contributed by atoms with E-state index in [2.05, 4.69) is 39.8 Å². The summed E-state index contributed by atoms with van der Waals surface area (Å²) in [6.07, 6.45) is 4.22. The fourth-order valence-electron chi connectivity index (χ4n) is 1.76. The van der Waals surface area contributed by atoms with Gasteiger partial charge < -0.3 is 5.32 Å². The number of nitrogens with one attached hydrogen (secondary N) is 3. The van der Waals surface area contributed by atoms with Crippen LogP contribution in [0.15, 0.2) is 18.5 Å². The lowest BCUT2D eigenvalue weighted by atomic mass is 10.2. The lowest BCUT2D eigenvalue weighted by molar-refractivity contribution is 0.262. The van der Waals surface area contributed by atoms with E-state index in [0.29, 0.717) is 17.5 Å². The highest BCUT2D eigenvalue weighted by atomic mass is 16.2. The predicted octanol–water partition coefficient (Wildman–Crippen LogP) is 2.53. The number of nitrogens with zero attached hydrogens (tertiary/aromatic N) is 3. The zero-order chi connectivity index (χ0) is 13.8. The van der Waals surface area contributed by atoms with E-state index in [0.717, 1.165) is 12.1 Å². The highest BCUT2D eigenvalue weighted by Crippen LogP contribution is 2.19. The number of aromatic amines is 1. The van der Waals surface area contributed by atoms with Gasteiger partial charge in [-0.05, 0) is 20.3 Å². The minimum absolute atomic E-state index is 0.311. The van der Waals surface area contributed by atoms with Crippen LogP contribution in [0.4, 0.5) is 16.3 Å². The Hall–Kier alpha value is -2.31. The molecule has 0 aliphatic rings. The molecule has 19 heavy (non-hydrogen) atoms. The van der Waals surface area contributed by atoms with Crippen LogP contribution < -0.4 is 10.6 Å². The minimum atomic E-state index is -0.323. The summed E-state index contributed by atoms with van der Waals surface area (Å²) in [5, 5.41) is 16.1. The minimum Gasteiger partial charge on any atom is -0.305 e. The average molecular weight is 262 g/mol. The van der Waals surface area contributed by atoms with E-state index in [1.54, 1.807) is 18.5 Å². The van der Waals surface area contributed by atoms with Gasteiger partial charge in [0.1, 0.15) is 5.82 Å². The molecular weight excluding hydrogens is 244 g/mol. The molecule has 0 unspecified atom stereocenters. The molecular formula is C12H18N6O. The average Bonchev–Trinajstić information content (AvgIpc) is 3.00. The maximum absolute atomic E-state index is 11.8. The molecule has 2 aromatic heterocycles. The number of rotatable bonds is 4. The van der Waals surface area contributed by atoms with Gasteiger partial charge in [0.15, 0.2) is 0 Å². The maximum Gasteiger partial charge on any atom is 0.324 e. The van der Waals surface area contributed by atoms with E-state index in [1.165, 1.54) is 0 Å². The van der Waals surface area contributed by atoms with Gasteiger partial charge in [-0.3, -0.25) is 15.1 Å². The van der Waals surface area contributed by atoms with Crippen molar-refractivity contribution in [3.63, 3.8) is 0 Å². The van der Waals surface area contributed by atoms with Gasteiger partial charge in [0, 0.05) is 12.1 Å². The standard InChI is InChI=1S/C12H18N6O/c1-4-8(2)18-9(3)10(7-14-18)15-12(19)16-11-5-6-13-17-11/h5-8H,4H2,1-3H3,(H3,13,15,16,17,19)/t8-/m1/s1. The summed E-state index contributed by atoms with van der Waals surface area (Å²) in [6.45, 7) is 6.13. The Morgan fingerprint density at radius 1 is 1.53 bits per heavy atom. The topological polar surface area (TPSA) is 87.6 Å². The van der Waals surface area contributed by atoms with Crippen molar-refractivity contribution in [3.05, 3.63) is 24.2 Å².